The van der Waals surface area contributed by atoms with E-state index in [-0.39, 0.29) is 13.2 Å². The van der Waals surface area contributed by atoms with Crippen molar-refractivity contribution in [2.75, 3.05) is 13.2 Å². The fraction of sp³-hybridized carbons (Fsp3) is 0.308. The van der Waals surface area contributed by atoms with Gasteiger partial charge in [0.05, 0.1) is 13.2 Å². The number of rotatable bonds is 11. The van der Waals surface area contributed by atoms with Gasteiger partial charge in [-0.1, -0.05) is 67.6 Å². The third-order valence-electron chi connectivity index (χ3n) is 4.99. The maximum atomic E-state index is 13.6. The van der Waals surface area contributed by atoms with Crippen molar-refractivity contribution in [1.82, 2.24) is 0 Å². The predicted octanol–water partition coefficient (Wildman–Crippen LogP) is 6.31. The van der Waals surface area contributed by atoms with Crippen LogP contribution in [0.4, 0.5) is 0 Å². The van der Waals surface area contributed by atoms with Gasteiger partial charge < -0.3 is 13.8 Å². The van der Waals surface area contributed by atoms with E-state index in [0.29, 0.717) is 17.7 Å². The summed E-state index contributed by atoms with van der Waals surface area (Å²) in [5.41, 5.74) is 4.58. The first kappa shape index (κ1) is 23.3. The van der Waals surface area contributed by atoms with Gasteiger partial charge in [0.1, 0.15) is 17.7 Å². The molecule has 0 radical (unpaired) electrons. The molecular formula is C26H31O4P. The molecule has 0 aliphatic heterocycles. The van der Waals surface area contributed by atoms with Crippen LogP contribution in [-0.4, -0.2) is 13.2 Å². The van der Waals surface area contributed by atoms with Crippen molar-refractivity contribution in [2.45, 2.75) is 40.2 Å². The van der Waals surface area contributed by atoms with Crippen LogP contribution in [0.2, 0.25) is 0 Å². The molecule has 0 heterocycles. The number of ether oxygens (including phenoxy) is 1. The molecule has 4 nitrogen and oxygen atoms in total. The summed E-state index contributed by atoms with van der Waals surface area (Å²) in [6.07, 6.45) is 1.75. The minimum atomic E-state index is -3.50. The largest absolute Gasteiger partial charge is 0.488 e. The quantitative estimate of drug-likeness (QED) is 0.329. The van der Waals surface area contributed by atoms with Crippen molar-refractivity contribution in [1.29, 1.82) is 0 Å². The van der Waals surface area contributed by atoms with Crippen LogP contribution in [-0.2, 0) is 33.1 Å². The molecular weight excluding hydrogens is 407 g/mol. The Bertz CT molecular complexity index is 990. The third kappa shape index (κ3) is 6.30. The second-order valence-electron chi connectivity index (χ2n) is 7.26. The summed E-state index contributed by atoms with van der Waals surface area (Å²) in [7, 11) is -3.50. The highest BCUT2D eigenvalue weighted by atomic mass is 31.2. The second-order valence-corrected chi connectivity index (χ2v) is 9.25. The Morgan fingerprint density at radius 3 is 1.94 bits per heavy atom. The van der Waals surface area contributed by atoms with Gasteiger partial charge >= 0.3 is 7.60 Å². The van der Waals surface area contributed by atoms with Crippen LogP contribution in [0.3, 0.4) is 0 Å². The van der Waals surface area contributed by atoms with Crippen molar-refractivity contribution >= 4 is 12.9 Å². The molecule has 3 rings (SSSR count). The second kappa shape index (κ2) is 11.3. The summed E-state index contributed by atoms with van der Waals surface area (Å²) in [6, 6.07) is 24.3. The van der Waals surface area contributed by atoms with E-state index < -0.39 is 7.60 Å². The van der Waals surface area contributed by atoms with Crippen LogP contribution >= 0.6 is 7.60 Å². The van der Waals surface area contributed by atoms with Gasteiger partial charge in [0, 0.05) is 0 Å². The van der Waals surface area contributed by atoms with E-state index in [1.54, 1.807) is 0 Å². The lowest BCUT2D eigenvalue weighted by Crippen LogP contribution is -2.15. The van der Waals surface area contributed by atoms with E-state index in [0.717, 1.165) is 24.0 Å². The number of hydrogen-bond acceptors (Lipinski definition) is 4. The van der Waals surface area contributed by atoms with E-state index in [1.165, 1.54) is 11.1 Å². The van der Waals surface area contributed by atoms with Crippen LogP contribution in [0.5, 0.6) is 5.75 Å². The van der Waals surface area contributed by atoms with Gasteiger partial charge in [0.2, 0.25) is 0 Å². The molecule has 0 aliphatic carbocycles. The van der Waals surface area contributed by atoms with Crippen LogP contribution in [0.1, 0.15) is 43.0 Å². The van der Waals surface area contributed by atoms with Crippen molar-refractivity contribution in [3.05, 3.63) is 95.1 Å². The first-order valence-corrected chi connectivity index (χ1v) is 12.4. The van der Waals surface area contributed by atoms with E-state index in [4.69, 9.17) is 13.8 Å². The Morgan fingerprint density at radius 1 is 0.710 bits per heavy atom. The molecule has 0 fully saturated rings. The Kier molecular flexibility index (Phi) is 8.48. The molecule has 0 aliphatic rings. The molecule has 0 bridgehead atoms. The average molecular weight is 439 g/mol. The highest BCUT2D eigenvalue weighted by Crippen LogP contribution is 2.49. The molecule has 164 valence electrons. The van der Waals surface area contributed by atoms with Crippen LogP contribution < -0.4 is 10.0 Å². The Morgan fingerprint density at radius 2 is 1.32 bits per heavy atom. The SMILES string of the molecule is CCOP(=O)(OCC)c1cc(Cc2ccc(CC)cc2)ccc1OCc1ccccc1. The molecule has 0 saturated heterocycles. The average Bonchev–Trinajstić information content (AvgIpc) is 2.80. The molecule has 0 atom stereocenters. The fourth-order valence-electron chi connectivity index (χ4n) is 3.39. The van der Waals surface area contributed by atoms with Gasteiger partial charge in [0.15, 0.2) is 0 Å². The molecule has 3 aromatic carbocycles. The van der Waals surface area contributed by atoms with Crippen molar-refractivity contribution in [3.63, 3.8) is 0 Å². The lowest BCUT2D eigenvalue weighted by molar-refractivity contribution is 0.228. The van der Waals surface area contributed by atoms with Gasteiger partial charge in [-0.05, 0) is 61.1 Å². The molecule has 0 N–H and O–H groups in total. The van der Waals surface area contributed by atoms with E-state index in [1.807, 2.05) is 62.4 Å². The van der Waals surface area contributed by atoms with Crippen molar-refractivity contribution in [2.24, 2.45) is 0 Å². The summed E-state index contributed by atoms with van der Waals surface area (Å²) >= 11 is 0. The first-order valence-electron chi connectivity index (χ1n) is 10.8. The minimum Gasteiger partial charge on any atom is -0.488 e. The predicted molar refractivity (Wildman–Crippen MR) is 126 cm³/mol. The smallest absolute Gasteiger partial charge is 0.365 e. The molecule has 0 amide bonds. The molecule has 31 heavy (non-hydrogen) atoms. The van der Waals surface area contributed by atoms with Crippen molar-refractivity contribution < 1.29 is 18.3 Å². The van der Waals surface area contributed by atoms with Gasteiger partial charge in [-0.15, -0.1) is 0 Å². The van der Waals surface area contributed by atoms with Crippen molar-refractivity contribution in [3.8, 4) is 5.75 Å². The zero-order valence-electron chi connectivity index (χ0n) is 18.5. The van der Waals surface area contributed by atoms with E-state index >= 15 is 0 Å². The number of benzene rings is 3. The maximum Gasteiger partial charge on any atom is 0.365 e. The van der Waals surface area contributed by atoms with Gasteiger partial charge in [-0.25, -0.2) is 0 Å². The lowest BCUT2D eigenvalue weighted by Gasteiger charge is -2.21. The Hall–Kier alpha value is -2.39. The van der Waals surface area contributed by atoms with Crippen LogP contribution in [0.25, 0.3) is 0 Å². The third-order valence-corrected chi connectivity index (χ3v) is 7.13. The molecule has 5 heteroatoms. The van der Waals surface area contributed by atoms with Gasteiger partial charge in [0.25, 0.3) is 0 Å². The van der Waals surface area contributed by atoms with Crippen LogP contribution in [0, 0.1) is 0 Å². The summed E-state index contributed by atoms with van der Waals surface area (Å²) in [6.45, 7) is 6.74. The Labute approximate surface area is 185 Å². The maximum absolute atomic E-state index is 13.6. The molecule has 3 aromatic rings. The monoisotopic (exact) mass is 438 g/mol. The topological polar surface area (TPSA) is 44.8 Å². The van der Waals surface area contributed by atoms with E-state index in [2.05, 4.69) is 31.2 Å². The number of hydrogen-bond donors (Lipinski definition) is 0. The van der Waals surface area contributed by atoms with E-state index in [9.17, 15) is 4.57 Å². The zero-order chi connectivity index (χ0) is 22.1. The highest BCUT2D eigenvalue weighted by Gasteiger charge is 2.31. The summed E-state index contributed by atoms with van der Waals surface area (Å²) < 4.78 is 31.0. The van der Waals surface area contributed by atoms with Crippen LogP contribution in [0.15, 0.2) is 72.8 Å². The minimum absolute atomic E-state index is 0.290. The lowest BCUT2D eigenvalue weighted by atomic mass is 10.0. The van der Waals surface area contributed by atoms with Gasteiger partial charge in [-0.2, -0.15) is 0 Å². The summed E-state index contributed by atoms with van der Waals surface area (Å²) in [5.74, 6) is 0.527. The normalized spacial score (nSPS) is 11.5. The molecule has 0 saturated carbocycles. The Balaban J connectivity index is 1.92. The standard InChI is InChI=1S/C26H31O4P/c1-4-21-12-14-22(15-13-21)18-24-16-17-25(28-20-23-10-8-7-9-11-23)26(19-24)31(27,29-5-2)30-6-3/h7-17,19H,4-6,18,20H2,1-3H3. The fourth-order valence-corrected chi connectivity index (χ4v) is 5.15. The highest BCUT2D eigenvalue weighted by molar-refractivity contribution is 7.62. The van der Waals surface area contributed by atoms with Gasteiger partial charge in [-0.3, -0.25) is 4.57 Å². The summed E-state index contributed by atoms with van der Waals surface area (Å²) in [5, 5.41) is 0.481. The molecule has 0 aromatic heterocycles. The first-order chi connectivity index (χ1) is 15.1. The molecule has 0 spiro atoms. The molecule has 0 unspecified atom stereocenters. The zero-order valence-corrected chi connectivity index (χ0v) is 19.4. The summed E-state index contributed by atoms with van der Waals surface area (Å²) in [4.78, 5) is 0. The number of aryl methyl sites for hydroxylation is 1.